The molecule has 12 heteroatoms. The molecule has 3 N–H and O–H groups in total. The number of aliphatic carboxylic acids is 2. The summed E-state index contributed by atoms with van der Waals surface area (Å²) in [5, 5.41) is 27.5. The zero-order valence-corrected chi connectivity index (χ0v) is 21.5. The number of ether oxygens (including phenoxy) is 1. The minimum absolute atomic E-state index is 0.0328. The number of ketones is 1. The largest absolute Gasteiger partial charge is 0.481 e. The molecule has 1 unspecified atom stereocenters. The first-order valence-corrected chi connectivity index (χ1v) is 18.9. The average molecular weight is 469 g/mol. The summed E-state index contributed by atoms with van der Waals surface area (Å²) in [5.41, 5.74) is -2.19. The fraction of sp³-hybridized carbons (Fsp3) is 0.824. The van der Waals surface area contributed by atoms with Gasteiger partial charge in [0.15, 0.2) is 28.0 Å². The summed E-state index contributed by atoms with van der Waals surface area (Å²) in [6.07, 6.45) is -1.11. The molecule has 0 aromatic rings. The minimum Gasteiger partial charge on any atom is -0.481 e. The third-order valence-corrected chi connectivity index (χ3v) is 14.0. The predicted molar refractivity (Wildman–Crippen MR) is 115 cm³/mol. The van der Waals surface area contributed by atoms with Crippen LogP contribution in [0.2, 0.25) is 51.9 Å². The lowest BCUT2D eigenvalue weighted by atomic mass is 9.93. The molecule has 29 heavy (non-hydrogen) atoms. The summed E-state index contributed by atoms with van der Waals surface area (Å²) < 4.78 is 18.0. The Labute approximate surface area is 175 Å². The number of carboxylic acid groups (broad SMARTS) is 2. The van der Waals surface area contributed by atoms with Gasteiger partial charge in [-0.25, -0.2) is 4.79 Å². The fourth-order valence-corrected chi connectivity index (χ4v) is 16.4. The van der Waals surface area contributed by atoms with Crippen molar-refractivity contribution in [3.63, 3.8) is 0 Å². The van der Waals surface area contributed by atoms with E-state index in [9.17, 15) is 19.5 Å². The monoisotopic (exact) mass is 468 g/mol. The van der Waals surface area contributed by atoms with Crippen LogP contribution in [0.15, 0.2) is 0 Å². The van der Waals surface area contributed by atoms with E-state index in [2.05, 4.69) is 19.6 Å². The van der Waals surface area contributed by atoms with Gasteiger partial charge in [0.05, 0.1) is 6.42 Å². The van der Waals surface area contributed by atoms with Crippen molar-refractivity contribution >= 4 is 42.9 Å². The normalized spacial score (nSPS) is 15.0. The van der Waals surface area contributed by atoms with Crippen molar-refractivity contribution in [1.82, 2.24) is 0 Å². The van der Waals surface area contributed by atoms with Crippen LogP contribution in [-0.2, 0) is 27.4 Å². The molecular formula is C17H36O9Si3. The van der Waals surface area contributed by atoms with Gasteiger partial charge in [-0.3, -0.25) is 9.59 Å². The predicted octanol–water partition coefficient (Wildman–Crippen LogP) is 2.42. The van der Waals surface area contributed by atoms with Gasteiger partial charge in [-0.1, -0.05) is 0 Å². The van der Waals surface area contributed by atoms with Crippen LogP contribution in [-0.4, -0.2) is 77.1 Å². The highest BCUT2D eigenvalue weighted by Crippen LogP contribution is 2.26. The topological polar surface area (TPSA) is 140 Å². The first-order valence-electron chi connectivity index (χ1n) is 9.56. The summed E-state index contributed by atoms with van der Waals surface area (Å²) in [4.78, 5) is 34.4. The van der Waals surface area contributed by atoms with Crippen LogP contribution in [0.4, 0.5) is 0 Å². The molecule has 0 aliphatic heterocycles. The molecule has 0 aromatic carbocycles. The Morgan fingerprint density at radius 2 is 1.45 bits per heavy atom. The van der Waals surface area contributed by atoms with Gasteiger partial charge in [-0.15, -0.1) is 0 Å². The minimum atomic E-state index is -2.30. The van der Waals surface area contributed by atoms with Gasteiger partial charge < -0.3 is 28.3 Å². The van der Waals surface area contributed by atoms with E-state index in [0.717, 1.165) is 0 Å². The molecule has 1 atom stereocenters. The molecule has 0 fully saturated rings. The summed E-state index contributed by atoms with van der Waals surface area (Å²) in [6.45, 7) is 13.5. The molecule has 9 nitrogen and oxygen atoms in total. The Hall–Kier alpha value is -0.899. The van der Waals surface area contributed by atoms with Crippen molar-refractivity contribution < 1.29 is 42.7 Å². The number of rotatable bonds is 15. The average Bonchev–Trinajstić information content (AvgIpc) is 2.46. The van der Waals surface area contributed by atoms with Crippen molar-refractivity contribution in [2.75, 3.05) is 13.2 Å². The number of Topliss-reactive ketones (excluding diaryl/α,β-unsaturated/α-hetero) is 1. The van der Waals surface area contributed by atoms with Crippen molar-refractivity contribution in [2.24, 2.45) is 0 Å². The Kier molecular flexibility index (Phi) is 10.6. The number of carbonyl (C=O) groups is 3. The smallest absolute Gasteiger partial charge is 0.337 e. The lowest BCUT2D eigenvalue weighted by molar-refractivity contribution is -0.175. The van der Waals surface area contributed by atoms with Gasteiger partial charge in [0, 0.05) is 13.0 Å². The number of aliphatic hydroxyl groups excluding tert-OH is 1. The second-order valence-corrected chi connectivity index (χ2v) is 21.8. The van der Waals surface area contributed by atoms with E-state index in [1.54, 1.807) is 0 Å². The van der Waals surface area contributed by atoms with Crippen LogP contribution in [0, 0.1) is 0 Å². The zero-order valence-electron chi connectivity index (χ0n) is 18.5. The molecule has 170 valence electrons. The van der Waals surface area contributed by atoms with Crippen LogP contribution in [0.5, 0.6) is 0 Å². The molecule has 0 aliphatic rings. The molecule has 0 amide bonds. The number of carbonyl (C=O) groups excluding carboxylic acids is 1. The van der Waals surface area contributed by atoms with Gasteiger partial charge in [0.1, 0.15) is 6.61 Å². The number of hydrogen-bond acceptors (Lipinski definition) is 7. The fourth-order valence-electron chi connectivity index (χ4n) is 3.24. The first-order chi connectivity index (χ1) is 12.9. The molecule has 0 spiro atoms. The third kappa shape index (κ3) is 11.8. The lowest BCUT2D eigenvalue weighted by Crippen LogP contribution is -2.51. The zero-order chi connectivity index (χ0) is 23.1. The number of carboxylic acids is 2. The van der Waals surface area contributed by atoms with Gasteiger partial charge in [0.2, 0.25) is 0 Å². The van der Waals surface area contributed by atoms with E-state index in [0.29, 0.717) is 12.5 Å². The molecule has 0 aliphatic carbocycles. The third-order valence-electron chi connectivity index (χ3n) is 3.86. The van der Waals surface area contributed by atoms with Gasteiger partial charge in [-0.2, -0.15) is 0 Å². The quantitative estimate of drug-likeness (QED) is 0.244. The molecular weight excluding hydrogens is 432 g/mol. The summed E-state index contributed by atoms with van der Waals surface area (Å²) >= 11 is 0. The van der Waals surface area contributed by atoms with E-state index in [1.165, 1.54) is 0 Å². The standard InChI is InChI=1S/C17H36O9Si3/c1-27(2,3)25-29(6,7)26-28(4,5)10-8-9-24-17(16(22)23,12-15(20)21)11-14(19)13-18/h18H,8-13H2,1-7H3,(H,20,21)(H,22,23). The van der Waals surface area contributed by atoms with Crippen LogP contribution in [0.25, 0.3) is 0 Å². The van der Waals surface area contributed by atoms with Gasteiger partial charge in [0.25, 0.3) is 0 Å². The van der Waals surface area contributed by atoms with Crippen LogP contribution >= 0.6 is 0 Å². The molecule has 0 saturated carbocycles. The van der Waals surface area contributed by atoms with Crippen molar-refractivity contribution in [1.29, 1.82) is 0 Å². The Morgan fingerprint density at radius 1 is 0.897 bits per heavy atom. The first kappa shape index (κ1) is 28.1. The molecule has 0 bridgehead atoms. The molecule has 0 aromatic heterocycles. The maximum atomic E-state index is 11.7. The van der Waals surface area contributed by atoms with Crippen molar-refractivity contribution in [3.8, 4) is 0 Å². The number of aliphatic hydroxyl groups is 1. The van der Waals surface area contributed by atoms with Gasteiger partial charge >= 0.3 is 20.5 Å². The second kappa shape index (κ2) is 10.9. The Bertz CT molecular complexity index is 587. The summed E-state index contributed by atoms with van der Waals surface area (Å²) in [7, 11) is -6.17. The van der Waals surface area contributed by atoms with E-state index >= 15 is 0 Å². The van der Waals surface area contributed by atoms with Crippen LogP contribution in [0.3, 0.4) is 0 Å². The SMILES string of the molecule is C[Si](C)(C)O[Si](C)(C)O[Si](C)(C)CCCOC(CC(=O)O)(CC(=O)CO)C(=O)O. The van der Waals surface area contributed by atoms with Gasteiger partial charge in [-0.05, 0) is 58.3 Å². The molecule has 0 heterocycles. The highest BCUT2D eigenvalue weighted by Gasteiger charge is 2.44. The Morgan fingerprint density at radius 3 is 1.86 bits per heavy atom. The van der Waals surface area contributed by atoms with E-state index in [-0.39, 0.29) is 6.61 Å². The summed E-state index contributed by atoms with van der Waals surface area (Å²) in [6, 6.07) is 0.662. The molecule has 0 radical (unpaired) electrons. The molecule has 0 saturated heterocycles. The van der Waals surface area contributed by atoms with E-state index in [4.69, 9.17) is 23.2 Å². The molecule has 0 rings (SSSR count). The Balaban J connectivity index is 4.98. The van der Waals surface area contributed by atoms with E-state index < -0.39 is 68.0 Å². The van der Waals surface area contributed by atoms with Crippen LogP contribution in [0.1, 0.15) is 19.3 Å². The highest BCUT2D eigenvalue weighted by atomic mass is 28.5. The second-order valence-electron chi connectivity index (χ2n) is 9.17. The highest BCUT2D eigenvalue weighted by molar-refractivity contribution is 6.87. The number of hydrogen-bond donors (Lipinski definition) is 3. The van der Waals surface area contributed by atoms with Crippen LogP contribution < -0.4 is 0 Å². The summed E-state index contributed by atoms with van der Waals surface area (Å²) in [5.74, 6) is -3.72. The van der Waals surface area contributed by atoms with Crippen molar-refractivity contribution in [3.05, 3.63) is 0 Å². The van der Waals surface area contributed by atoms with Crippen molar-refractivity contribution in [2.45, 2.75) is 76.7 Å². The maximum absolute atomic E-state index is 11.7. The lowest BCUT2D eigenvalue weighted by Gasteiger charge is -2.37. The maximum Gasteiger partial charge on any atom is 0.337 e. The van der Waals surface area contributed by atoms with E-state index in [1.807, 2.05) is 26.2 Å².